The molecule has 2 atom stereocenters. The summed E-state index contributed by atoms with van der Waals surface area (Å²) in [5.74, 6) is -0.472. The number of ether oxygens (including phenoxy) is 1. The highest BCUT2D eigenvalue weighted by Gasteiger charge is 2.37. The summed E-state index contributed by atoms with van der Waals surface area (Å²) in [6.45, 7) is 0.0515. The van der Waals surface area contributed by atoms with Crippen LogP contribution >= 0.6 is 0 Å². The summed E-state index contributed by atoms with van der Waals surface area (Å²) < 4.78 is 84.7. The molecule has 1 amide bonds. The number of aryl methyl sites for hydroxylation is 1. The topological polar surface area (TPSA) is 71.0 Å². The highest BCUT2D eigenvalue weighted by atomic mass is 19.4. The van der Waals surface area contributed by atoms with Crippen molar-refractivity contribution in [1.29, 1.82) is 0 Å². The first-order valence-electron chi connectivity index (χ1n) is 12.5. The smallest absolute Gasteiger partial charge is 0.350 e. The van der Waals surface area contributed by atoms with E-state index in [0.717, 1.165) is 23.5 Å². The third-order valence-corrected chi connectivity index (χ3v) is 6.66. The molecule has 4 rings (SSSR count). The van der Waals surface area contributed by atoms with Gasteiger partial charge in [0.2, 0.25) is 0 Å². The molecular weight excluding hydrogens is 530 g/mol. The minimum atomic E-state index is -4.97. The largest absolute Gasteiger partial charge is 0.416 e. The van der Waals surface area contributed by atoms with Crippen molar-refractivity contribution in [2.75, 3.05) is 6.61 Å². The number of fused-ring (bicyclic) bond motifs is 1. The first-order chi connectivity index (χ1) is 18.4. The van der Waals surface area contributed by atoms with Crippen molar-refractivity contribution in [2.24, 2.45) is 0 Å². The summed E-state index contributed by atoms with van der Waals surface area (Å²) in [7, 11) is 0. The average molecular weight is 559 g/mol. The van der Waals surface area contributed by atoms with Crippen LogP contribution in [-0.2, 0) is 39.7 Å². The second-order valence-corrected chi connectivity index (χ2v) is 9.59. The number of benzene rings is 2. The lowest BCUT2D eigenvalue weighted by Gasteiger charge is -2.32. The summed E-state index contributed by atoms with van der Waals surface area (Å²) in [5, 5.41) is 11.5. The van der Waals surface area contributed by atoms with Gasteiger partial charge in [0.05, 0.1) is 17.2 Å². The molecule has 0 radical (unpaired) electrons. The fourth-order valence-corrected chi connectivity index (χ4v) is 4.76. The number of carbonyl (C=O) groups excluding carboxylic acids is 1. The summed E-state index contributed by atoms with van der Waals surface area (Å²) in [5.41, 5.74) is 1.44. The maximum atomic E-state index is 13.2. The summed E-state index contributed by atoms with van der Waals surface area (Å²) in [6.07, 6.45) is -3.16. The molecule has 2 aromatic carbocycles. The Labute approximate surface area is 221 Å². The third kappa shape index (κ3) is 7.81. The molecule has 2 N–H and O–H groups in total. The number of rotatable bonds is 7. The third-order valence-electron chi connectivity index (χ3n) is 6.66. The molecule has 2 aromatic rings. The minimum absolute atomic E-state index is 0.0618. The van der Waals surface area contributed by atoms with Crippen molar-refractivity contribution in [1.82, 2.24) is 10.5 Å². The van der Waals surface area contributed by atoms with Crippen LogP contribution in [0.5, 0.6) is 0 Å². The highest BCUT2D eigenvalue weighted by molar-refractivity contribution is 5.91. The zero-order valence-corrected chi connectivity index (χ0v) is 20.8. The van der Waals surface area contributed by atoms with Gasteiger partial charge in [0.1, 0.15) is 0 Å². The molecule has 1 heterocycles. The Balaban J connectivity index is 1.44. The number of hydrogen-bond donors (Lipinski definition) is 2. The van der Waals surface area contributed by atoms with Gasteiger partial charge in [0.25, 0.3) is 5.91 Å². The standard InChI is InChI=1S/C27H28F6N2O4/c28-26(29,30)20-13-18(14-21(15-20)27(31,32)33)16-35(37)23-5-3-4-19-12-17(7-9-22(19)23)8-10-24(36)34-39-25-6-1-2-11-38-25/h7-10,12-15,23,25,37H,1-6,11,16H2,(H,34,36)/b10-8+. The number of carbonyl (C=O) groups is 1. The van der Waals surface area contributed by atoms with Crippen molar-refractivity contribution in [3.05, 3.63) is 75.9 Å². The molecule has 1 fully saturated rings. The molecule has 1 aliphatic heterocycles. The van der Waals surface area contributed by atoms with Crippen LogP contribution in [-0.4, -0.2) is 29.1 Å². The second kappa shape index (κ2) is 12.1. The first-order valence-corrected chi connectivity index (χ1v) is 12.5. The number of nitrogens with one attached hydrogen (secondary N) is 1. The van der Waals surface area contributed by atoms with Gasteiger partial charge in [-0.15, -0.1) is 0 Å². The average Bonchev–Trinajstić information content (AvgIpc) is 2.89. The number of alkyl halides is 6. The molecule has 6 nitrogen and oxygen atoms in total. The van der Waals surface area contributed by atoms with Gasteiger partial charge in [0, 0.05) is 25.6 Å². The summed E-state index contributed by atoms with van der Waals surface area (Å²) >= 11 is 0. The predicted molar refractivity (Wildman–Crippen MR) is 128 cm³/mol. The van der Waals surface area contributed by atoms with Gasteiger partial charge < -0.3 is 9.94 Å². The fraction of sp³-hybridized carbons (Fsp3) is 0.444. The lowest BCUT2D eigenvalue weighted by atomic mass is 9.86. The number of hydroxylamine groups is 3. The Hall–Kier alpha value is -2.93. The van der Waals surface area contributed by atoms with E-state index in [1.54, 1.807) is 18.2 Å². The van der Waals surface area contributed by atoms with Gasteiger partial charge >= 0.3 is 12.4 Å². The molecular formula is C27H28F6N2O4. The molecule has 212 valence electrons. The van der Waals surface area contributed by atoms with Crippen LogP contribution in [0, 0.1) is 0 Å². The van der Waals surface area contributed by atoms with Crippen LogP contribution in [0.1, 0.15) is 71.5 Å². The van der Waals surface area contributed by atoms with E-state index >= 15 is 0 Å². The Kier molecular flexibility index (Phi) is 9.00. The zero-order valence-electron chi connectivity index (χ0n) is 20.8. The van der Waals surface area contributed by atoms with Crippen LogP contribution in [0.15, 0.2) is 42.5 Å². The van der Waals surface area contributed by atoms with Crippen molar-refractivity contribution in [3.8, 4) is 0 Å². The normalized spacial score (nSPS) is 20.3. The van der Waals surface area contributed by atoms with Crippen molar-refractivity contribution < 1.29 is 45.9 Å². The maximum absolute atomic E-state index is 13.2. The zero-order chi connectivity index (χ0) is 28.2. The first kappa shape index (κ1) is 29.1. The molecule has 0 bridgehead atoms. The van der Waals surface area contributed by atoms with Crippen molar-refractivity contribution in [2.45, 2.75) is 69.8 Å². The number of nitrogens with zero attached hydrogens (tertiary/aromatic N) is 1. The van der Waals surface area contributed by atoms with Gasteiger partial charge in [-0.3, -0.25) is 4.79 Å². The van der Waals surface area contributed by atoms with E-state index in [2.05, 4.69) is 5.48 Å². The maximum Gasteiger partial charge on any atom is 0.416 e. The molecule has 12 heteroatoms. The summed E-state index contributed by atoms with van der Waals surface area (Å²) in [6, 6.07) is 5.95. The van der Waals surface area contributed by atoms with Gasteiger partial charge in [-0.05, 0) is 78.6 Å². The quantitative estimate of drug-likeness (QED) is 0.228. The molecule has 1 aliphatic carbocycles. The SMILES string of the molecule is O=C(/C=C/c1ccc2c(c1)CCCC2N(O)Cc1cc(C(F)(F)F)cc(C(F)(F)F)c1)NOC1CCCCO1. The van der Waals surface area contributed by atoms with Crippen LogP contribution in [0.25, 0.3) is 6.08 Å². The Morgan fingerprint density at radius 1 is 1.03 bits per heavy atom. The molecule has 0 saturated carbocycles. The fourth-order valence-electron chi connectivity index (χ4n) is 4.76. The van der Waals surface area contributed by atoms with E-state index in [-0.39, 0.29) is 11.6 Å². The molecule has 1 saturated heterocycles. The molecule has 0 spiro atoms. The van der Waals surface area contributed by atoms with Crippen LogP contribution in [0.4, 0.5) is 26.3 Å². The van der Waals surface area contributed by atoms with Gasteiger partial charge in [-0.1, -0.05) is 18.2 Å². The van der Waals surface area contributed by atoms with Gasteiger partial charge in [-0.25, -0.2) is 10.3 Å². The highest BCUT2D eigenvalue weighted by Crippen LogP contribution is 2.38. The van der Waals surface area contributed by atoms with Crippen LogP contribution in [0.3, 0.4) is 0 Å². The number of hydrogen-bond acceptors (Lipinski definition) is 5. The number of amides is 1. The van der Waals surface area contributed by atoms with E-state index in [1.807, 2.05) is 6.07 Å². The van der Waals surface area contributed by atoms with Crippen LogP contribution in [0.2, 0.25) is 0 Å². The molecule has 39 heavy (non-hydrogen) atoms. The molecule has 0 aromatic heterocycles. The van der Waals surface area contributed by atoms with Gasteiger partial charge in [0.15, 0.2) is 6.29 Å². The minimum Gasteiger partial charge on any atom is -0.350 e. The van der Waals surface area contributed by atoms with Crippen molar-refractivity contribution >= 4 is 12.0 Å². The van der Waals surface area contributed by atoms with E-state index in [1.165, 1.54) is 6.08 Å². The predicted octanol–water partition coefficient (Wildman–Crippen LogP) is 6.58. The van der Waals surface area contributed by atoms with Crippen LogP contribution < -0.4 is 5.48 Å². The van der Waals surface area contributed by atoms with Gasteiger partial charge in [-0.2, -0.15) is 31.4 Å². The number of halogens is 6. The monoisotopic (exact) mass is 558 g/mol. The van der Waals surface area contributed by atoms with E-state index in [9.17, 15) is 36.3 Å². The van der Waals surface area contributed by atoms with E-state index in [0.29, 0.717) is 55.5 Å². The molecule has 2 unspecified atom stereocenters. The lowest BCUT2D eigenvalue weighted by Crippen LogP contribution is -2.32. The van der Waals surface area contributed by atoms with E-state index in [4.69, 9.17) is 9.57 Å². The Morgan fingerprint density at radius 2 is 1.74 bits per heavy atom. The van der Waals surface area contributed by atoms with Crippen molar-refractivity contribution in [3.63, 3.8) is 0 Å². The molecule has 2 aliphatic rings. The summed E-state index contributed by atoms with van der Waals surface area (Å²) in [4.78, 5) is 17.3. The van der Waals surface area contributed by atoms with E-state index < -0.39 is 48.3 Å². The second-order valence-electron chi connectivity index (χ2n) is 9.59. The lowest BCUT2D eigenvalue weighted by molar-refractivity contribution is -0.198. The Morgan fingerprint density at radius 3 is 2.38 bits per heavy atom. The Bertz CT molecular complexity index is 1160.